The summed E-state index contributed by atoms with van der Waals surface area (Å²) in [5.41, 5.74) is 5.28. The molecule has 0 amide bonds. The summed E-state index contributed by atoms with van der Waals surface area (Å²) in [5.74, 6) is 0.693. The van der Waals surface area contributed by atoms with Crippen LogP contribution in [0.1, 0.15) is 40.5 Å². The van der Waals surface area contributed by atoms with Crippen molar-refractivity contribution in [2.45, 2.75) is 40.5 Å². The largest absolute Gasteiger partial charge is 0.388 e. The maximum Gasteiger partial charge on any atom is 0.0905 e. The summed E-state index contributed by atoms with van der Waals surface area (Å²) in [6.07, 6.45) is 2.34. The number of nitrogens with two attached hydrogens (primary N) is 1. The molecule has 0 aliphatic heterocycles. The van der Waals surface area contributed by atoms with Crippen LogP contribution in [0.2, 0.25) is 0 Å². The lowest BCUT2D eigenvalue weighted by Gasteiger charge is -1.89. The minimum Gasteiger partial charge on any atom is -0.388 e. The zero-order valence-electron chi connectivity index (χ0n) is 7.65. The Bertz CT molecular complexity index is 73.3. The van der Waals surface area contributed by atoms with Crippen LogP contribution in [0.15, 0.2) is 4.99 Å². The summed E-state index contributed by atoms with van der Waals surface area (Å²) in [4.78, 5) is 4.01. The van der Waals surface area contributed by atoms with Crippen molar-refractivity contribution in [3.05, 3.63) is 0 Å². The van der Waals surface area contributed by atoms with E-state index in [2.05, 4.69) is 11.9 Å². The van der Waals surface area contributed by atoms with Gasteiger partial charge < -0.3 is 5.73 Å². The SMILES string of the molecule is CC.CCCCN=C(C)N. The molecule has 2 N–H and O–H groups in total. The first kappa shape index (κ1) is 12.2. The predicted molar refractivity (Wildman–Crippen MR) is 48.4 cm³/mol. The van der Waals surface area contributed by atoms with Crippen LogP contribution in [0.5, 0.6) is 0 Å². The summed E-state index contributed by atoms with van der Waals surface area (Å²) in [6, 6.07) is 0. The van der Waals surface area contributed by atoms with E-state index in [1.165, 1.54) is 6.42 Å². The summed E-state index contributed by atoms with van der Waals surface area (Å²) in [5, 5.41) is 0. The fraction of sp³-hybridized carbons (Fsp3) is 0.875. The smallest absolute Gasteiger partial charge is 0.0905 e. The van der Waals surface area contributed by atoms with Crippen molar-refractivity contribution in [1.82, 2.24) is 0 Å². The quantitative estimate of drug-likeness (QED) is 0.368. The van der Waals surface area contributed by atoms with Gasteiger partial charge >= 0.3 is 0 Å². The van der Waals surface area contributed by atoms with Gasteiger partial charge in [0.15, 0.2) is 0 Å². The van der Waals surface area contributed by atoms with Crippen molar-refractivity contribution < 1.29 is 0 Å². The van der Waals surface area contributed by atoms with E-state index in [1.807, 2.05) is 20.8 Å². The molecule has 0 rings (SSSR count). The van der Waals surface area contributed by atoms with Crippen LogP contribution in [0.25, 0.3) is 0 Å². The van der Waals surface area contributed by atoms with E-state index >= 15 is 0 Å². The minimum atomic E-state index is 0.693. The molecule has 62 valence electrons. The zero-order valence-corrected chi connectivity index (χ0v) is 7.65. The molecule has 2 nitrogen and oxygen atoms in total. The van der Waals surface area contributed by atoms with E-state index in [9.17, 15) is 0 Å². The third-order valence-electron chi connectivity index (χ3n) is 0.873. The average Bonchev–Trinajstić information content (AvgIpc) is 1.92. The van der Waals surface area contributed by atoms with Crippen molar-refractivity contribution >= 4 is 5.84 Å². The highest BCUT2D eigenvalue weighted by atomic mass is 14.8. The van der Waals surface area contributed by atoms with E-state index < -0.39 is 0 Å². The first-order valence-electron chi connectivity index (χ1n) is 4.04. The fourth-order valence-electron chi connectivity index (χ4n) is 0.414. The predicted octanol–water partition coefficient (Wildman–Crippen LogP) is 2.19. The molecule has 0 radical (unpaired) electrons. The van der Waals surface area contributed by atoms with Crippen molar-refractivity contribution in [3.63, 3.8) is 0 Å². The summed E-state index contributed by atoms with van der Waals surface area (Å²) >= 11 is 0. The van der Waals surface area contributed by atoms with E-state index in [-0.39, 0.29) is 0 Å². The molecule has 2 heteroatoms. The number of rotatable bonds is 3. The normalized spacial score (nSPS) is 10.2. The molecule has 0 saturated heterocycles. The molecule has 0 bridgehead atoms. The molecular weight excluding hydrogens is 124 g/mol. The van der Waals surface area contributed by atoms with E-state index in [4.69, 9.17) is 5.73 Å². The first-order valence-corrected chi connectivity index (χ1v) is 4.04. The molecule has 0 fully saturated rings. The topological polar surface area (TPSA) is 38.4 Å². The highest BCUT2D eigenvalue weighted by Gasteiger charge is 1.78. The van der Waals surface area contributed by atoms with Gasteiger partial charge in [0.05, 0.1) is 5.84 Å². The van der Waals surface area contributed by atoms with Crippen LogP contribution in [0.4, 0.5) is 0 Å². The maximum atomic E-state index is 5.28. The Morgan fingerprint density at radius 2 is 1.90 bits per heavy atom. The molecule has 0 aromatic rings. The molecular formula is C8H20N2. The Labute approximate surface area is 64.5 Å². The molecule has 0 heterocycles. The Balaban J connectivity index is 0. The standard InChI is InChI=1S/C6H14N2.C2H6/c1-3-4-5-8-6(2)7;1-2/h3-5H2,1-2H3,(H2,7,8);1-2H3. The second-order valence-electron chi connectivity index (χ2n) is 1.88. The molecule has 10 heavy (non-hydrogen) atoms. The molecule has 0 atom stereocenters. The summed E-state index contributed by atoms with van der Waals surface area (Å²) in [6.45, 7) is 8.84. The second-order valence-corrected chi connectivity index (χ2v) is 1.88. The Kier molecular flexibility index (Phi) is 13.7. The van der Waals surface area contributed by atoms with Gasteiger partial charge in [0.2, 0.25) is 0 Å². The van der Waals surface area contributed by atoms with Crippen LogP contribution < -0.4 is 5.73 Å². The van der Waals surface area contributed by atoms with Crippen LogP contribution in [-0.4, -0.2) is 12.4 Å². The third kappa shape index (κ3) is 15.6. The Morgan fingerprint density at radius 1 is 1.40 bits per heavy atom. The highest BCUT2D eigenvalue weighted by Crippen LogP contribution is 1.85. The van der Waals surface area contributed by atoms with Gasteiger partial charge in [-0.15, -0.1) is 0 Å². The van der Waals surface area contributed by atoms with Crippen LogP contribution in [0, 0.1) is 0 Å². The number of hydrogen-bond acceptors (Lipinski definition) is 1. The van der Waals surface area contributed by atoms with Crippen LogP contribution in [-0.2, 0) is 0 Å². The van der Waals surface area contributed by atoms with E-state index in [0.29, 0.717) is 5.84 Å². The highest BCUT2D eigenvalue weighted by molar-refractivity contribution is 5.77. The number of aliphatic imine (C=N–C) groups is 1. The van der Waals surface area contributed by atoms with Gasteiger partial charge in [-0.1, -0.05) is 27.2 Å². The lowest BCUT2D eigenvalue weighted by molar-refractivity contribution is 0.807. The number of nitrogens with zero attached hydrogens (tertiary/aromatic N) is 1. The van der Waals surface area contributed by atoms with Crippen LogP contribution >= 0.6 is 0 Å². The second kappa shape index (κ2) is 11.3. The van der Waals surface area contributed by atoms with Crippen molar-refractivity contribution in [2.24, 2.45) is 10.7 Å². The van der Waals surface area contributed by atoms with Gasteiger partial charge in [0.1, 0.15) is 0 Å². The lowest BCUT2D eigenvalue weighted by Crippen LogP contribution is -2.05. The minimum absolute atomic E-state index is 0.693. The van der Waals surface area contributed by atoms with Gasteiger partial charge in [0.25, 0.3) is 0 Å². The summed E-state index contributed by atoms with van der Waals surface area (Å²) in [7, 11) is 0. The van der Waals surface area contributed by atoms with Gasteiger partial charge in [0, 0.05) is 6.54 Å². The average molecular weight is 144 g/mol. The first-order chi connectivity index (χ1) is 4.77. The Hall–Kier alpha value is -0.530. The maximum absolute atomic E-state index is 5.28. The zero-order chi connectivity index (χ0) is 8.41. The third-order valence-corrected chi connectivity index (χ3v) is 0.873. The van der Waals surface area contributed by atoms with Crippen LogP contribution in [0.3, 0.4) is 0 Å². The molecule has 0 aromatic heterocycles. The molecule has 0 aliphatic rings. The van der Waals surface area contributed by atoms with E-state index in [1.54, 1.807) is 0 Å². The monoisotopic (exact) mass is 144 g/mol. The number of unbranched alkanes of at least 4 members (excludes halogenated alkanes) is 1. The molecule has 0 unspecified atom stereocenters. The van der Waals surface area contributed by atoms with Crippen molar-refractivity contribution in [2.75, 3.05) is 6.54 Å². The van der Waals surface area contributed by atoms with Gasteiger partial charge in [-0.3, -0.25) is 4.99 Å². The molecule has 0 aliphatic carbocycles. The van der Waals surface area contributed by atoms with E-state index in [0.717, 1.165) is 13.0 Å². The van der Waals surface area contributed by atoms with Gasteiger partial charge in [-0.05, 0) is 13.3 Å². The lowest BCUT2D eigenvalue weighted by atomic mass is 10.3. The summed E-state index contributed by atoms with van der Waals surface area (Å²) < 4.78 is 0. The molecule has 0 saturated carbocycles. The van der Waals surface area contributed by atoms with Gasteiger partial charge in [-0.2, -0.15) is 0 Å². The number of amidine groups is 1. The number of hydrogen-bond donors (Lipinski definition) is 1. The van der Waals surface area contributed by atoms with Gasteiger partial charge in [-0.25, -0.2) is 0 Å². The fourth-order valence-corrected chi connectivity index (χ4v) is 0.414. The Morgan fingerprint density at radius 3 is 2.20 bits per heavy atom. The van der Waals surface area contributed by atoms with Crippen molar-refractivity contribution in [3.8, 4) is 0 Å². The van der Waals surface area contributed by atoms with Crippen molar-refractivity contribution in [1.29, 1.82) is 0 Å². The molecule has 0 spiro atoms. The molecule has 0 aromatic carbocycles.